The van der Waals surface area contributed by atoms with Crippen molar-refractivity contribution in [1.82, 2.24) is 4.90 Å². The van der Waals surface area contributed by atoms with Crippen LogP contribution in [0.4, 0.5) is 0 Å². The molecule has 2 N–H and O–H groups in total. The molecular weight excluding hydrogens is 200 g/mol. The van der Waals surface area contributed by atoms with Crippen LogP contribution in [0.5, 0.6) is 0 Å². The maximum atomic E-state index is 11.8. The number of nitrogens with two attached hydrogens (primary N) is 1. The Bertz CT molecular complexity index is 408. The third kappa shape index (κ3) is 2.42. The first kappa shape index (κ1) is 11.1. The van der Waals surface area contributed by atoms with Crippen LogP contribution in [0.25, 0.3) is 0 Å². The number of rotatable bonds is 3. The minimum absolute atomic E-state index is 0.000211. The second-order valence-corrected chi connectivity index (χ2v) is 4.94. The molecule has 86 valence electrons. The van der Waals surface area contributed by atoms with Crippen molar-refractivity contribution in [2.24, 2.45) is 5.73 Å². The van der Waals surface area contributed by atoms with Gasteiger partial charge in [0.1, 0.15) is 0 Å². The predicted molar refractivity (Wildman–Crippen MR) is 64.3 cm³/mol. The Balaban J connectivity index is 2.16. The summed E-state index contributed by atoms with van der Waals surface area (Å²) >= 11 is 0. The lowest BCUT2D eigenvalue weighted by atomic mass is 10.0. The molecular formula is C13H18N2O. The van der Waals surface area contributed by atoms with Crippen LogP contribution in [0.2, 0.25) is 0 Å². The largest absolute Gasteiger partial charge is 0.345 e. The van der Waals surface area contributed by atoms with Gasteiger partial charge in [0.2, 0.25) is 0 Å². The zero-order valence-corrected chi connectivity index (χ0v) is 9.86. The van der Waals surface area contributed by atoms with Crippen LogP contribution in [0.3, 0.4) is 0 Å². The summed E-state index contributed by atoms with van der Waals surface area (Å²) in [6.45, 7) is 0. The monoisotopic (exact) mass is 218 g/mol. The Morgan fingerprint density at radius 1 is 1.44 bits per heavy atom. The van der Waals surface area contributed by atoms with E-state index in [9.17, 15) is 4.79 Å². The van der Waals surface area contributed by atoms with Crippen molar-refractivity contribution in [2.45, 2.75) is 24.8 Å². The molecule has 1 fully saturated rings. The molecule has 1 aromatic rings. The van der Waals surface area contributed by atoms with Gasteiger partial charge in [0.25, 0.3) is 5.91 Å². The number of hydrogen-bond donors (Lipinski definition) is 1. The quantitative estimate of drug-likeness (QED) is 0.834. The molecule has 16 heavy (non-hydrogen) atoms. The smallest absolute Gasteiger partial charge is 0.253 e. The van der Waals surface area contributed by atoms with Gasteiger partial charge in [0.15, 0.2) is 0 Å². The standard InChI is InChI=1S/C13H18N2O/c1-15(2)12(16)11-5-3-4-10(8-11)9-13(14)6-7-13/h3-5,8H,6-7,9,14H2,1-2H3. The normalized spacial score (nSPS) is 16.9. The van der Waals surface area contributed by atoms with Crippen LogP contribution < -0.4 is 5.73 Å². The van der Waals surface area contributed by atoms with Crippen LogP contribution >= 0.6 is 0 Å². The van der Waals surface area contributed by atoms with E-state index < -0.39 is 0 Å². The lowest BCUT2D eigenvalue weighted by Gasteiger charge is -2.12. The summed E-state index contributed by atoms with van der Waals surface area (Å²) in [6, 6.07) is 7.77. The zero-order chi connectivity index (χ0) is 11.8. The maximum Gasteiger partial charge on any atom is 0.253 e. The van der Waals surface area contributed by atoms with Gasteiger partial charge < -0.3 is 10.6 Å². The Hall–Kier alpha value is -1.35. The first-order valence-electron chi connectivity index (χ1n) is 5.60. The van der Waals surface area contributed by atoms with Crippen molar-refractivity contribution in [3.05, 3.63) is 35.4 Å². The van der Waals surface area contributed by atoms with Crippen molar-refractivity contribution in [3.8, 4) is 0 Å². The number of nitrogens with zero attached hydrogens (tertiary/aromatic N) is 1. The molecule has 0 atom stereocenters. The van der Waals surface area contributed by atoms with Crippen LogP contribution in [-0.4, -0.2) is 30.4 Å². The molecule has 1 aliphatic carbocycles. The second kappa shape index (κ2) is 3.91. The number of carbonyl (C=O) groups is 1. The summed E-state index contributed by atoms with van der Waals surface area (Å²) in [5.74, 6) is 0.0451. The highest BCUT2D eigenvalue weighted by Gasteiger charge is 2.37. The van der Waals surface area contributed by atoms with E-state index in [1.54, 1.807) is 19.0 Å². The molecule has 0 heterocycles. The number of hydrogen-bond acceptors (Lipinski definition) is 2. The highest BCUT2D eigenvalue weighted by atomic mass is 16.2. The van der Waals surface area contributed by atoms with Crippen molar-refractivity contribution in [1.29, 1.82) is 0 Å². The fourth-order valence-electron chi connectivity index (χ4n) is 1.82. The van der Waals surface area contributed by atoms with Gasteiger partial charge in [0.05, 0.1) is 0 Å². The summed E-state index contributed by atoms with van der Waals surface area (Å²) in [5.41, 5.74) is 7.97. The molecule has 3 heteroatoms. The van der Waals surface area contributed by atoms with Crippen LogP contribution in [-0.2, 0) is 6.42 Å². The summed E-state index contributed by atoms with van der Waals surface area (Å²) in [4.78, 5) is 13.4. The zero-order valence-electron chi connectivity index (χ0n) is 9.86. The van der Waals surface area contributed by atoms with Gasteiger partial charge >= 0.3 is 0 Å². The van der Waals surface area contributed by atoms with Gasteiger partial charge in [-0.05, 0) is 37.0 Å². The lowest BCUT2D eigenvalue weighted by molar-refractivity contribution is 0.0827. The minimum atomic E-state index is -0.000211. The summed E-state index contributed by atoms with van der Waals surface area (Å²) in [5, 5.41) is 0. The van der Waals surface area contributed by atoms with E-state index >= 15 is 0 Å². The van der Waals surface area contributed by atoms with Crippen LogP contribution in [0.15, 0.2) is 24.3 Å². The van der Waals surface area contributed by atoms with E-state index in [0.29, 0.717) is 0 Å². The van der Waals surface area contributed by atoms with Gasteiger partial charge in [-0.3, -0.25) is 4.79 Å². The fourth-order valence-corrected chi connectivity index (χ4v) is 1.82. The lowest BCUT2D eigenvalue weighted by Crippen LogP contribution is -2.25. The summed E-state index contributed by atoms with van der Waals surface area (Å²) in [6.07, 6.45) is 3.07. The van der Waals surface area contributed by atoms with Gasteiger partial charge in [-0.15, -0.1) is 0 Å². The molecule has 0 saturated heterocycles. The molecule has 0 aromatic heterocycles. The molecule has 1 aliphatic rings. The maximum absolute atomic E-state index is 11.8. The predicted octanol–water partition coefficient (Wildman–Crippen LogP) is 1.42. The minimum Gasteiger partial charge on any atom is -0.345 e. The van der Waals surface area contributed by atoms with E-state index in [1.807, 2.05) is 24.3 Å². The summed E-state index contributed by atoms with van der Waals surface area (Å²) in [7, 11) is 3.53. The van der Waals surface area contributed by atoms with Gasteiger partial charge in [-0.2, -0.15) is 0 Å². The second-order valence-electron chi connectivity index (χ2n) is 4.94. The number of amides is 1. The fraction of sp³-hybridized carbons (Fsp3) is 0.462. The van der Waals surface area contributed by atoms with Crippen molar-refractivity contribution < 1.29 is 4.79 Å². The number of carbonyl (C=O) groups excluding carboxylic acids is 1. The van der Waals surface area contributed by atoms with E-state index in [2.05, 4.69) is 0 Å². The topological polar surface area (TPSA) is 46.3 Å². The van der Waals surface area contributed by atoms with Crippen LogP contribution in [0.1, 0.15) is 28.8 Å². The van der Waals surface area contributed by atoms with Gasteiger partial charge in [-0.1, -0.05) is 12.1 Å². The highest BCUT2D eigenvalue weighted by molar-refractivity contribution is 5.94. The molecule has 0 unspecified atom stereocenters. The molecule has 0 bridgehead atoms. The van der Waals surface area contributed by atoms with E-state index in [0.717, 1.165) is 30.4 Å². The Labute approximate surface area is 96.2 Å². The van der Waals surface area contributed by atoms with E-state index in [1.165, 1.54) is 0 Å². The van der Waals surface area contributed by atoms with E-state index in [4.69, 9.17) is 5.73 Å². The molecule has 3 nitrogen and oxygen atoms in total. The summed E-state index contributed by atoms with van der Waals surface area (Å²) < 4.78 is 0. The number of benzene rings is 1. The first-order valence-corrected chi connectivity index (χ1v) is 5.60. The molecule has 1 saturated carbocycles. The third-order valence-electron chi connectivity index (χ3n) is 3.03. The molecule has 0 spiro atoms. The first-order chi connectivity index (χ1) is 7.50. The van der Waals surface area contributed by atoms with Crippen molar-refractivity contribution in [3.63, 3.8) is 0 Å². The van der Waals surface area contributed by atoms with Crippen LogP contribution in [0, 0.1) is 0 Å². The van der Waals surface area contributed by atoms with Gasteiger partial charge in [0, 0.05) is 25.2 Å². The molecule has 2 rings (SSSR count). The molecule has 0 aliphatic heterocycles. The Morgan fingerprint density at radius 3 is 2.69 bits per heavy atom. The third-order valence-corrected chi connectivity index (χ3v) is 3.03. The molecule has 1 amide bonds. The Kier molecular flexibility index (Phi) is 2.72. The molecule has 1 aromatic carbocycles. The highest BCUT2D eigenvalue weighted by Crippen LogP contribution is 2.35. The van der Waals surface area contributed by atoms with Crippen molar-refractivity contribution >= 4 is 5.91 Å². The SMILES string of the molecule is CN(C)C(=O)c1cccc(CC2(N)CC2)c1. The average Bonchev–Trinajstić information content (AvgIpc) is 2.95. The van der Waals surface area contributed by atoms with Crippen molar-refractivity contribution in [2.75, 3.05) is 14.1 Å². The Morgan fingerprint density at radius 2 is 2.12 bits per heavy atom. The van der Waals surface area contributed by atoms with Gasteiger partial charge in [-0.25, -0.2) is 0 Å². The molecule has 0 radical (unpaired) electrons. The van der Waals surface area contributed by atoms with E-state index in [-0.39, 0.29) is 11.4 Å². The average molecular weight is 218 g/mol.